The number of sulfonamides is 1. The summed E-state index contributed by atoms with van der Waals surface area (Å²) in [7, 11) is -2.24. The number of pyridine rings is 1. The Morgan fingerprint density at radius 1 is 1.18 bits per heavy atom. The number of hydrogen-bond acceptors (Lipinski definition) is 8. The molecule has 1 aliphatic rings. The number of carbonyl (C=O) groups excluding carboxylic acids is 1. The van der Waals surface area contributed by atoms with Crippen LogP contribution in [0, 0.1) is 6.92 Å². The molecule has 13 heteroatoms. The van der Waals surface area contributed by atoms with Gasteiger partial charge in [0.1, 0.15) is 17.7 Å². The van der Waals surface area contributed by atoms with Crippen molar-refractivity contribution in [2.24, 2.45) is 10.7 Å². The Balaban J connectivity index is 1.70. The summed E-state index contributed by atoms with van der Waals surface area (Å²) >= 11 is 0. The molecule has 0 aliphatic carbocycles. The van der Waals surface area contributed by atoms with Gasteiger partial charge in [0.15, 0.2) is 11.6 Å². The fourth-order valence-electron chi connectivity index (χ4n) is 4.87. The van der Waals surface area contributed by atoms with Crippen molar-refractivity contribution in [3.63, 3.8) is 0 Å². The third-order valence-corrected chi connectivity index (χ3v) is 7.84. The second-order valence-corrected chi connectivity index (χ2v) is 13.7. The van der Waals surface area contributed by atoms with Crippen LogP contribution in [0.25, 0.3) is 0 Å². The van der Waals surface area contributed by atoms with E-state index in [9.17, 15) is 17.6 Å². The van der Waals surface area contributed by atoms with Gasteiger partial charge >= 0.3 is 0 Å². The van der Waals surface area contributed by atoms with E-state index in [4.69, 9.17) is 10.5 Å². The molecule has 4 rings (SSSR count). The van der Waals surface area contributed by atoms with Crippen molar-refractivity contribution in [3.05, 3.63) is 77.6 Å². The van der Waals surface area contributed by atoms with E-state index in [2.05, 4.69) is 31.9 Å². The van der Waals surface area contributed by atoms with Crippen molar-refractivity contribution in [1.82, 2.24) is 4.98 Å². The minimum Gasteiger partial charge on any atom is -0.492 e. The second kappa shape index (κ2) is 13.1. The van der Waals surface area contributed by atoms with Crippen LogP contribution in [0.2, 0.25) is 0 Å². The van der Waals surface area contributed by atoms with Crippen LogP contribution in [0.4, 0.5) is 33.0 Å². The molecule has 0 unspecified atom stereocenters. The summed E-state index contributed by atoms with van der Waals surface area (Å²) in [5.74, 6) is 0.373. The third-order valence-electron chi connectivity index (χ3n) is 7.25. The summed E-state index contributed by atoms with van der Waals surface area (Å²) in [5, 5.41) is 5.88. The molecule has 0 spiro atoms. The Hall–Kier alpha value is -4.65. The molecule has 2 aromatic carbocycles. The Morgan fingerprint density at radius 2 is 1.89 bits per heavy atom. The summed E-state index contributed by atoms with van der Waals surface area (Å²) in [5.41, 5.74) is 9.81. The number of benzene rings is 2. The van der Waals surface area contributed by atoms with Gasteiger partial charge in [-0.2, -0.15) is 0 Å². The highest BCUT2D eigenvalue weighted by molar-refractivity contribution is 7.92. The maximum Gasteiger partial charge on any atom is 0.255 e. The molecular weight excluding hydrogens is 597 g/mol. The predicted octanol–water partition coefficient (Wildman–Crippen LogP) is 5.46. The van der Waals surface area contributed by atoms with Crippen LogP contribution in [0.5, 0.6) is 5.75 Å². The van der Waals surface area contributed by atoms with Crippen molar-refractivity contribution in [1.29, 1.82) is 0 Å². The largest absolute Gasteiger partial charge is 0.492 e. The number of hydrogen-bond donors (Lipinski definition) is 4. The van der Waals surface area contributed by atoms with Crippen LogP contribution in [0.1, 0.15) is 54.4 Å². The van der Waals surface area contributed by atoms with Crippen LogP contribution in [-0.2, 0) is 15.4 Å². The molecule has 1 aromatic heterocycles. The fraction of sp³-hybridized carbons (Fsp3) is 0.344. The van der Waals surface area contributed by atoms with Crippen LogP contribution >= 0.6 is 0 Å². The van der Waals surface area contributed by atoms with Gasteiger partial charge < -0.3 is 26.0 Å². The number of aryl methyl sites for hydroxylation is 1. The maximum atomic E-state index is 13.9. The van der Waals surface area contributed by atoms with E-state index < -0.39 is 22.1 Å². The van der Waals surface area contributed by atoms with E-state index in [1.165, 1.54) is 13.3 Å². The number of nitrogens with zero attached hydrogens (tertiary/aromatic N) is 3. The van der Waals surface area contributed by atoms with Crippen molar-refractivity contribution in [2.75, 3.05) is 46.7 Å². The molecular formula is C32H40FN7O4S. The normalized spacial score (nSPS) is 15.5. The van der Waals surface area contributed by atoms with Crippen LogP contribution < -0.4 is 30.7 Å². The van der Waals surface area contributed by atoms with Crippen LogP contribution in [0.15, 0.2) is 60.2 Å². The SMILES string of the molecule is C=CNc1ccc(N2CC[C@@H](F)C2)nc1C(N)=Nc1cc(C(=O)Nc2cc(C(C)(C)C)cc(NS(C)(=O)=O)c2OC)ccc1C. The van der Waals surface area contributed by atoms with Gasteiger partial charge in [0.2, 0.25) is 10.0 Å². The van der Waals surface area contributed by atoms with Crippen molar-refractivity contribution >= 4 is 50.3 Å². The molecule has 11 nitrogen and oxygen atoms in total. The van der Waals surface area contributed by atoms with Gasteiger partial charge in [0.25, 0.3) is 5.91 Å². The van der Waals surface area contributed by atoms with Gasteiger partial charge in [0, 0.05) is 12.1 Å². The van der Waals surface area contributed by atoms with Gasteiger partial charge in [-0.05, 0) is 72.5 Å². The van der Waals surface area contributed by atoms with E-state index in [0.29, 0.717) is 41.5 Å². The predicted molar refractivity (Wildman–Crippen MR) is 179 cm³/mol. The molecule has 1 atom stereocenters. The van der Waals surface area contributed by atoms with Crippen molar-refractivity contribution in [2.45, 2.75) is 45.7 Å². The van der Waals surface area contributed by atoms with Gasteiger partial charge in [-0.1, -0.05) is 33.4 Å². The zero-order chi connectivity index (χ0) is 33.1. The van der Waals surface area contributed by atoms with E-state index in [1.54, 1.807) is 42.5 Å². The summed E-state index contributed by atoms with van der Waals surface area (Å²) in [6.07, 6.45) is 2.06. The van der Waals surface area contributed by atoms with Crippen LogP contribution in [-0.4, -0.2) is 57.8 Å². The molecule has 0 radical (unpaired) electrons. The number of carbonyl (C=O) groups is 1. The number of aromatic nitrogens is 1. The highest BCUT2D eigenvalue weighted by Gasteiger charge is 2.25. The first-order valence-corrected chi connectivity index (χ1v) is 16.2. The van der Waals surface area contributed by atoms with E-state index in [1.807, 2.05) is 32.6 Å². The molecule has 1 fully saturated rings. The Morgan fingerprint density at radius 3 is 2.49 bits per heavy atom. The minimum absolute atomic E-state index is 0.0916. The standard InChI is InChI=1S/C32H40FN7O4S/c1-8-35-23-11-12-27(40-14-13-22(33)18-40)38-28(23)30(34)36-24-15-20(10-9-19(24)2)31(41)37-25-16-21(32(3,4)5)17-26(29(25)44-6)39-45(7,42)43/h8-12,15-17,22,35,39H,1,13-14,18H2,2-7H3,(H2,34,36)(H,37,41)/t22-/m1/s1. The molecule has 5 N–H and O–H groups in total. The number of rotatable bonds is 10. The number of methoxy groups -OCH3 is 1. The smallest absolute Gasteiger partial charge is 0.255 e. The molecule has 0 saturated carbocycles. The highest BCUT2D eigenvalue weighted by atomic mass is 32.2. The summed E-state index contributed by atoms with van der Waals surface area (Å²) in [4.78, 5) is 24.7. The molecule has 1 aliphatic heterocycles. The first-order valence-electron chi connectivity index (χ1n) is 14.3. The summed E-state index contributed by atoms with van der Waals surface area (Å²) in [6, 6.07) is 12.0. The first-order chi connectivity index (χ1) is 21.1. The van der Waals surface area contributed by atoms with Crippen LogP contribution in [0.3, 0.4) is 0 Å². The number of ether oxygens (including phenoxy) is 1. The van der Waals surface area contributed by atoms with E-state index >= 15 is 0 Å². The molecule has 3 aromatic rings. The number of nitrogens with one attached hydrogen (secondary N) is 3. The van der Waals surface area contributed by atoms with Crippen molar-refractivity contribution in [3.8, 4) is 5.75 Å². The Labute approximate surface area is 263 Å². The number of amidine groups is 1. The Kier molecular flexibility index (Phi) is 9.71. The molecule has 45 heavy (non-hydrogen) atoms. The number of anilines is 4. The average Bonchev–Trinajstić information content (AvgIpc) is 3.39. The maximum absolute atomic E-state index is 13.9. The van der Waals surface area contributed by atoms with E-state index in [0.717, 1.165) is 17.4 Å². The monoisotopic (exact) mass is 637 g/mol. The molecule has 0 bridgehead atoms. The number of alkyl halides is 1. The Bertz CT molecular complexity index is 1750. The molecule has 240 valence electrons. The summed E-state index contributed by atoms with van der Waals surface area (Å²) < 4.78 is 46.1. The van der Waals surface area contributed by atoms with Gasteiger partial charge in [-0.3, -0.25) is 9.52 Å². The lowest BCUT2D eigenvalue weighted by atomic mass is 9.86. The fourth-order valence-corrected chi connectivity index (χ4v) is 5.42. The summed E-state index contributed by atoms with van der Waals surface area (Å²) in [6.45, 7) is 12.3. The lowest BCUT2D eigenvalue weighted by molar-refractivity contribution is 0.102. The molecule has 1 saturated heterocycles. The highest BCUT2D eigenvalue weighted by Crippen LogP contribution is 2.39. The third kappa shape index (κ3) is 8.09. The van der Waals surface area contributed by atoms with Gasteiger partial charge in [-0.15, -0.1) is 0 Å². The number of amides is 1. The lowest BCUT2D eigenvalue weighted by Crippen LogP contribution is -2.24. The van der Waals surface area contributed by atoms with Crippen molar-refractivity contribution < 1.29 is 22.3 Å². The number of aliphatic imine (C=N–C) groups is 1. The number of halogens is 1. The zero-order valence-electron chi connectivity index (χ0n) is 26.4. The average molecular weight is 638 g/mol. The van der Waals surface area contributed by atoms with Gasteiger partial charge in [-0.25, -0.2) is 22.8 Å². The van der Waals surface area contributed by atoms with Gasteiger partial charge in [0.05, 0.1) is 42.7 Å². The minimum atomic E-state index is -3.63. The quantitative estimate of drug-likeness (QED) is 0.169. The number of nitrogens with two attached hydrogens (primary N) is 1. The molecule has 2 heterocycles. The second-order valence-electron chi connectivity index (χ2n) is 11.9. The first kappa shape index (κ1) is 33.2. The topological polar surface area (TPSA) is 151 Å². The lowest BCUT2D eigenvalue weighted by Gasteiger charge is -2.24. The van der Waals surface area contributed by atoms with E-state index in [-0.39, 0.29) is 34.8 Å². The molecule has 1 amide bonds. The zero-order valence-corrected chi connectivity index (χ0v) is 27.2.